The number of aryl methyl sites for hydroxylation is 1. The summed E-state index contributed by atoms with van der Waals surface area (Å²) in [5.74, 6) is 0.773. The number of hydrogen-bond acceptors (Lipinski definition) is 3. The fourth-order valence-corrected chi connectivity index (χ4v) is 3.93. The standard InChI is InChI=1S/C13H17ClN2S/c14-8-1-2-9-15-12-7-3-5-11-6-4-10-16(17-15)13(11)12/h3,5,7H,1-2,4,6,8-10H2. The Morgan fingerprint density at radius 1 is 1.29 bits per heavy atom. The number of anilines is 2. The van der Waals surface area contributed by atoms with Gasteiger partial charge < -0.3 is 0 Å². The van der Waals surface area contributed by atoms with Gasteiger partial charge in [-0.1, -0.05) is 12.1 Å². The van der Waals surface area contributed by atoms with Crippen molar-refractivity contribution >= 4 is 35.1 Å². The van der Waals surface area contributed by atoms with E-state index >= 15 is 0 Å². The summed E-state index contributed by atoms with van der Waals surface area (Å²) in [7, 11) is 0. The second-order valence-corrected chi connectivity index (χ2v) is 5.99. The summed E-state index contributed by atoms with van der Waals surface area (Å²) in [6.07, 6.45) is 4.79. The monoisotopic (exact) mass is 268 g/mol. The molecular formula is C13H17ClN2S. The van der Waals surface area contributed by atoms with E-state index in [4.69, 9.17) is 11.6 Å². The van der Waals surface area contributed by atoms with E-state index in [2.05, 4.69) is 26.8 Å². The van der Waals surface area contributed by atoms with Crippen molar-refractivity contribution in [3.63, 3.8) is 0 Å². The normalized spacial score (nSPS) is 17.5. The van der Waals surface area contributed by atoms with Gasteiger partial charge in [-0.25, -0.2) is 0 Å². The molecule has 17 heavy (non-hydrogen) atoms. The highest BCUT2D eigenvalue weighted by atomic mass is 35.5. The van der Waals surface area contributed by atoms with Gasteiger partial charge in [-0.05, 0) is 37.3 Å². The van der Waals surface area contributed by atoms with Gasteiger partial charge in [0, 0.05) is 19.0 Å². The third-order valence-corrected chi connectivity index (χ3v) is 4.77. The molecule has 4 heteroatoms. The fraction of sp³-hybridized carbons (Fsp3) is 0.538. The molecule has 0 aliphatic carbocycles. The lowest BCUT2D eigenvalue weighted by Gasteiger charge is -2.23. The van der Waals surface area contributed by atoms with Crippen molar-refractivity contribution in [2.75, 3.05) is 27.6 Å². The SMILES string of the molecule is ClCCCCN1SN2CCCc3cccc1c32. The number of halogens is 1. The molecule has 0 bridgehead atoms. The van der Waals surface area contributed by atoms with E-state index in [1.807, 2.05) is 12.1 Å². The minimum atomic E-state index is 0.773. The van der Waals surface area contributed by atoms with Crippen LogP contribution in [0.5, 0.6) is 0 Å². The van der Waals surface area contributed by atoms with Gasteiger partial charge in [-0.15, -0.1) is 11.6 Å². The van der Waals surface area contributed by atoms with Crippen LogP contribution in [-0.4, -0.2) is 19.0 Å². The average Bonchev–Trinajstić information content (AvgIpc) is 2.71. The number of nitrogens with zero attached hydrogens (tertiary/aromatic N) is 2. The third kappa shape index (κ3) is 2.11. The molecule has 0 saturated carbocycles. The molecule has 1 aromatic carbocycles. The molecule has 0 spiro atoms. The number of hydrogen-bond donors (Lipinski definition) is 0. The molecule has 92 valence electrons. The van der Waals surface area contributed by atoms with Crippen LogP contribution in [0, 0.1) is 0 Å². The molecule has 2 heterocycles. The zero-order valence-corrected chi connectivity index (χ0v) is 11.4. The van der Waals surface area contributed by atoms with E-state index in [0.29, 0.717) is 0 Å². The van der Waals surface area contributed by atoms with Crippen molar-refractivity contribution in [3.05, 3.63) is 23.8 Å². The number of rotatable bonds is 4. The zero-order valence-electron chi connectivity index (χ0n) is 9.86. The number of unbranched alkanes of at least 4 members (excludes halogenated alkanes) is 1. The maximum absolute atomic E-state index is 5.74. The molecule has 0 aromatic heterocycles. The average molecular weight is 269 g/mol. The van der Waals surface area contributed by atoms with Crippen molar-refractivity contribution in [3.8, 4) is 0 Å². The largest absolute Gasteiger partial charge is 0.296 e. The lowest BCUT2D eigenvalue weighted by molar-refractivity contribution is 0.800. The predicted molar refractivity (Wildman–Crippen MR) is 77.0 cm³/mol. The second-order valence-electron chi connectivity index (χ2n) is 4.57. The molecule has 1 aromatic rings. The maximum Gasteiger partial charge on any atom is 0.0761 e. The Morgan fingerprint density at radius 3 is 3.12 bits per heavy atom. The van der Waals surface area contributed by atoms with E-state index in [-0.39, 0.29) is 0 Å². The van der Waals surface area contributed by atoms with Gasteiger partial charge in [0.25, 0.3) is 0 Å². The van der Waals surface area contributed by atoms with Crippen LogP contribution in [0.15, 0.2) is 18.2 Å². The third-order valence-electron chi connectivity index (χ3n) is 3.37. The summed E-state index contributed by atoms with van der Waals surface area (Å²) in [6.45, 7) is 2.28. The molecular weight excluding hydrogens is 252 g/mol. The Kier molecular flexibility index (Phi) is 3.39. The molecule has 2 aliphatic rings. The molecule has 0 saturated heterocycles. The van der Waals surface area contributed by atoms with Crippen molar-refractivity contribution in [1.29, 1.82) is 0 Å². The summed E-state index contributed by atoms with van der Waals surface area (Å²) in [6, 6.07) is 6.71. The van der Waals surface area contributed by atoms with Crippen LogP contribution in [0.2, 0.25) is 0 Å². The molecule has 0 radical (unpaired) electrons. The van der Waals surface area contributed by atoms with Gasteiger partial charge >= 0.3 is 0 Å². The quantitative estimate of drug-likeness (QED) is 0.465. The molecule has 0 amide bonds. The highest BCUT2D eigenvalue weighted by Crippen LogP contribution is 2.48. The zero-order chi connectivity index (χ0) is 11.7. The Hall–Kier alpha value is -0.540. The number of alkyl halides is 1. The van der Waals surface area contributed by atoms with E-state index in [9.17, 15) is 0 Å². The molecule has 0 fully saturated rings. The number of benzene rings is 1. The van der Waals surface area contributed by atoms with E-state index < -0.39 is 0 Å². The van der Waals surface area contributed by atoms with Crippen molar-refractivity contribution in [2.24, 2.45) is 0 Å². The molecule has 2 nitrogen and oxygen atoms in total. The Bertz CT molecular complexity index is 410. The Balaban J connectivity index is 1.82. The van der Waals surface area contributed by atoms with Crippen molar-refractivity contribution in [2.45, 2.75) is 25.7 Å². The lowest BCUT2D eigenvalue weighted by Crippen LogP contribution is -2.21. The van der Waals surface area contributed by atoms with Crippen molar-refractivity contribution < 1.29 is 0 Å². The van der Waals surface area contributed by atoms with Crippen LogP contribution in [0.1, 0.15) is 24.8 Å². The first kappa shape index (κ1) is 11.5. The van der Waals surface area contributed by atoms with Gasteiger partial charge in [-0.3, -0.25) is 8.61 Å². The van der Waals surface area contributed by atoms with Crippen LogP contribution >= 0.6 is 23.7 Å². The highest BCUT2D eigenvalue weighted by Gasteiger charge is 2.31. The summed E-state index contributed by atoms with van der Waals surface area (Å²) >= 11 is 7.62. The Morgan fingerprint density at radius 2 is 2.24 bits per heavy atom. The van der Waals surface area contributed by atoms with Gasteiger partial charge in [0.1, 0.15) is 0 Å². The molecule has 3 rings (SSSR count). The van der Waals surface area contributed by atoms with Crippen LogP contribution < -0.4 is 8.61 Å². The highest BCUT2D eigenvalue weighted by molar-refractivity contribution is 8.02. The van der Waals surface area contributed by atoms with Gasteiger partial charge in [0.15, 0.2) is 0 Å². The van der Waals surface area contributed by atoms with Crippen LogP contribution in [0.25, 0.3) is 0 Å². The molecule has 0 unspecified atom stereocenters. The van der Waals surface area contributed by atoms with Gasteiger partial charge in [0.05, 0.1) is 23.5 Å². The fourth-order valence-electron chi connectivity index (χ4n) is 2.55. The minimum Gasteiger partial charge on any atom is -0.296 e. The summed E-state index contributed by atoms with van der Waals surface area (Å²) in [5.41, 5.74) is 4.39. The molecule has 2 aliphatic heterocycles. The topological polar surface area (TPSA) is 6.48 Å². The van der Waals surface area contributed by atoms with Crippen LogP contribution in [0.3, 0.4) is 0 Å². The minimum absolute atomic E-state index is 0.773. The van der Waals surface area contributed by atoms with Crippen LogP contribution in [0.4, 0.5) is 11.4 Å². The first-order valence-electron chi connectivity index (χ1n) is 6.31. The molecule has 0 atom stereocenters. The second kappa shape index (κ2) is 4.99. The summed E-state index contributed by atoms with van der Waals surface area (Å²) < 4.78 is 4.88. The first-order valence-corrected chi connectivity index (χ1v) is 7.57. The van der Waals surface area contributed by atoms with Gasteiger partial charge in [-0.2, -0.15) is 0 Å². The van der Waals surface area contributed by atoms with E-state index in [1.165, 1.54) is 42.7 Å². The summed E-state index contributed by atoms with van der Waals surface area (Å²) in [5, 5.41) is 0. The van der Waals surface area contributed by atoms with Crippen molar-refractivity contribution in [1.82, 2.24) is 0 Å². The van der Waals surface area contributed by atoms with E-state index in [0.717, 1.165) is 18.8 Å². The molecule has 0 N–H and O–H groups in total. The smallest absolute Gasteiger partial charge is 0.0761 e. The number of para-hydroxylation sites is 1. The first-order chi connectivity index (χ1) is 8.40. The maximum atomic E-state index is 5.74. The lowest BCUT2D eigenvalue weighted by atomic mass is 10.0. The van der Waals surface area contributed by atoms with Gasteiger partial charge in [0.2, 0.25) is 0 Å². The predicted octanol–water partition coefficient (Wildman–Crippen LogP) is 3.84. The summed E-state index contributed by atoms with van der Waals surface area (Å²) in [4.78, 5) is 0. The van der Waals surface area contributed by atoms with Crippen LogP contribution in [-0.2, 0) is 6.42 Å². The van der Waals surface area contributed by atoms with E-state index in [1.54, 1.807) is 0 Å². The Labute approximate surface area is 112 Å².